The Balaban J connectivity index is 1.96. The van der Waals surface area contributed by atoms with Gasteiger partial charge in [0, 0.05) is 24.0 Å². The number of hydrogen-bond acceptors (Lipinski definition) is 4. The predicted molar refractivity (Wildman–Crippen MR) is 90.5 cm³/mol. The first-order chi connectivity index (χ1) is 11.0. The molecular formula is C17H23N5O. The van der Waals surface area contributed by atoms with Gasteiger partial charge in [0.05, 0.1) is 17.3 Å². The van der Waals surface area contributed by atoms with Crippen molar-refractivity contribution in [1.29, 1.82) is 0 Å². The van der Waals surface area contributed by atoms with Crippen LogP contribution in [0.4, 0.5) is 0 Å². The molecule has 23 heavy (non-hydrogen) atoms. The monoisotopic (exact) mass is 313 g/mol. The van der Waals surface area contributed by atoms with E-state index < -0.39 is 5.60 Å². The van der Waals surface area contributed by atoms with Gasteiger partial charge in [0.2, 0.25) is 0 Å². The van der Waals surface area contributed by atoms with E-state index in [2.05, 4.69) is 25.9 Å². The van der Waals surface area contributed by atoms with Gasteiger partial charge in [-0.05, 0) is 45.8 Å². The third-order valence-corrected chi connectivity index (χ3v) is 4.57. The number of piperidine rings is 1. The molecule has 122 valence electrons. The van der Waals surface area contributed by atoms with Gasteiger partial charge in [-0.1, -0.05) is 0 Å². The fourth-order valence-corrected chi connectivity index (χ4v) is 3.61. The minimum atomic E-state index is -0.781. The van der Waals surface area contributed by atoms with Crippen molar-refractivity contribution in [2.45, 2.75) is 44.8 Å². The van der Waals surface area contributed by atoms with E-state index in [1.165, 1.54) is 0 Å². The molecular weight excluding hydrogens is 290 g/mol. The summed E-state index contributed by atoms with van der Waals surface area (Å²) in [5.41, 5.74) is 2.16. The number of fused-ring (bicyclic) bond motifs is 3. The maximum absolute atomic E-state index is 10.3. The van der Waals surface area contributed by atoms with Crippen LogP contribution in [0.5, 0.6) is 0 Å². The molecule has 3 N–H and O–H groups in total. The highest BCUT2D eigenvalue weighted by molar-refractivity contribution is 6.01. The van der Waals surface area contributed by atoms with Crippen LogP contribution in [-0.2, 0) is 6.42 Å². The Morgan fingerprint density at radius 2 is 2.13 bits per heavy atom. The Kier molecular flexibility index (Phi) is 3.39. The Morgan fingerprint density at radius 1 is 1.35 bits per heavy atom. The van der Waals surface area contributed by atoms with E-state index in [9.17, 15) is 5.11 Å². The van der Waals surface area contributed by atoms with Gasteiger partial charge < -0.3 is 20.0 Å². The average molecular weight is 313 g/mol. The quantitative estimate of drug-likeness (QED) is 0.692. The van der Waals surface area contributed by atoms with Crippen molar-refractivity contribution in [3.63, 3.8) is 0 Å². The number of nitrogens with zero attached hydrogens (tertiary/aromatic N) is 3. The van der Waals surface area contributed by atoms with Crippen molar-refractivity contribution in [2.24, 2.45) is 0 Å². The molecule has 1 aliphatic heterocycles. The second kappa shape index (κ2) is 5.32. The number of pyridine rings is 1. The van der Waals surface area contributed by atoms with Crippen molar-refractivity contribution in [3.8, 4) is 0 Å². The van der Waals surface area contributed by atoms with Gasteiger partial charge in [0.1, 0.15) is 17.0 Å². The number of aromatic amines is 1. The van der Waals surface area contributed by atoms with Crippen LogP contribution in [0.3, 0.4) is 0 Å². The molecule has 0 amide bonds. The lowest BCUT2D eigenvalue weighted by atomic mass is 10.0. The standard InChI is InChI=1S/C17H23N5O/c1-17(2,23)9-14-21-13-10-20-16-12(5-8-19-16)15(13)22(14)11-3-6-18-7-4-11/h5,8,10-11,18,23H,3-4,6-7,9H2,1-2H3,(H,19,20). The van der Waals surface area contributed by atoms with Crippen LogP contribution in [0.2, 0.25) is 0 Å². The molecule has 4 heterocycles. The molecule has 0 aliphatic carbocycles. The van der Waals surface area contributed by atoms with E-state index in [1.807, 2.05) is 26.2 Å². The van der Waals surface area contributed by atoms with Gasteiger partial charge in [-0.25, -0.2) is 9.97 Å². The molecule has 0 radical (unpaired) electrons. The molecule has 0 saturated carbocycles. The van der Waals surface area contributed by atoms with Crippen LogP contribution in [0.15, 0.2) is 18.5 Å². The summed E-state index contributed by atoms with van der Waals surface area (Å²) in [6, 6.07) is 2.48. The van der Waals surface area contributed by atoms with Crippen molar-refractivity contribution in [1.82, 2.24) is 24.8 Å². The Morgan fingerprint density at radius 3 is 2.87 bits per heavy atom. The van der Waals surface area contributed by atoms with Gasteiger partial charge >= 0.3 is 0 Å². The molecule has 6 nitrogen and oxygen atoms in total. The summed E-state index contributed by atoms with van der Waals surface area (Å²) < 4.78 is 2.35. The van der Waals surface area contributed by atoms with E-state index in [0.717, 1.165) is 53.8 Å². The molecule has 0 aromatic carbocycles. The van der Waals surface area contributed by atoms with Gasteiger partial charge in [0.15, 0.2) is 0 Å². The topological polar surface area (TPSA) is 78.8 Å². The number of imidazole rings is 1. The third-order valence-electron chi connectivity index (χ3n) is 4.57. The zero-order valence-electron chi connectivity index (χ0n) is 13.6. The van der Waals surface area contributed by atoms with E-state index in [1.54, 1.807) is 0 Å². The molecule has 0 unspecified atom stereocenters. The van der Waals surface area contributed by atoms with Gasteiger partial charge in [-0.15, -0.1) is 0 Å². The van der Waals surface area contributed by atoms with Crippen LogP contribution in [-0.4, -0.2) is 43.3 Å². The van der Waals surface area contributed by atoms with Crippen molar-refractivity contribution < 1.29 is 5.11 Å². The minimum Gasteiger partial charge on any atom is -0.390 e. The summed E-state index contributed by atoms with van der Waals surface area (Å²) in [6.45, 7) is 5.72. The lowest BCUT2D eigenvalue weighted by Gasteiger charge is -2.28. The lowest BCUT2D eigenvalue weighted by molar-refractivity contribution is 0.0773. The summed E-state index contributed by atoms with van der Waals surface area (Å²) >= 11 is 0. The average Bonchev–Trinajstić information content (AvgIpc) is 3.09. The van der Waals surface area contributed by atoms with Crippen LogP contribution in [0.1, 0.15) is 38.6 Å². The van der Waals surface area contributed by atoms with Crippen LogP contribution >= 0.6 is 0 Å². The fraction of sp³-hybridized carbons (Fsp3) is 0.529. The first kappa shape index (κ1) is 14.7. The summed E-state index contributed by atoms with van der Waals surface area (Å²) in [4.78, 5) is 12.5. The predicted octanol–water partition coefficient (Wildman–Crippen LogP) is 2.15. The Labute approximate surface area is 134 Å². The SMILES string of the molecule is CC(C)(O)Cc1nc2cnc3[nH]ccc3c2n1C1CCNCC1. The number of nitrogens with one attached hydrogen (secondary N) is 2. The van der Waals surface area contributed by atoms with Crippen molar-refractivity contribution in [2.75, 3.05) is 13.1 Å². The van der Waals surface area contributed by atoms with Gasteiger partial charge in [0.25, 0.3) is 0 Å². The van der Waals surface area contributed by atoms with Crippen molar-refractivity contribution >= 4 is 22.1 Å². The molecule has 4 rings (SSSR count). The fourth-order valence-electron chi connectivity index (χ4n) is 3.61. The number of hydrogen-bond donors (Lipinski definition) is 3. The first-order valence-electron chi connectivity index (χ1n) is 8.29. The highest BCUT2D eigenvalue weighted by Crippen LogP contribution is 2.32. The molecule has 3 aromatic heterocycles. The van der Waals surface area contributed by atoms with E-state index in [-0.39, 0.29) is 0 Å². The first-order valence-corrected chi connectivity index (χ1v) is 8.29. The zero-order valence-corrected chi connectivity index (χ0v) is 13.6. The number of rotatable bonds is 3. The lowest BCUT2D eigenvalue weighted by Crippen LogP contribution is -2.31. The summed E-state index contributed by atoms with van der Waals surface area (Å²) in [6.07, 6.45) is 6.46. The summed E-state index contributed by atoms with van der Waals surface area (Å²) in [7, 11) is 0. The van der Waals surface area contributed by atoms with E-state index >= 15 is 0 Å². The van der Waals surface area contributed by atoms with E-state index in [0.29, 0.717) is 12.5 Å². The molecule has 0 bridgehead atoms. The maximum atomic E-state index is 10.3. The molecule has 1 saturated heterocycles. The number of H-pyrrole nitrogens is 1. The minimum absolute atomic E-state index is 0.416. The summed E-state index contributed by atoms with van der Waals surface area (Å²) in [5, 5.41) is 14.8. The normalized spacial score (nSPS) is 17.3. The number of aliphatic hydroxyl groups is 1. The number of aromatic nitrogens is 4. The molecule has 0 atom stereocenters. The van der Waals surface area contributed by atoms with Gasteiger partial charge in [-0.2, -0.15) is 0 Å². The van der Waals surface area contributed by atoms with Crippen LogP contribution < -0.4 is 5.32 Å². The summed E-state index contributed by atoms with van der Waals surface area (Å²) in [5.74, 6) is 0.954. The molecule has 0 spiro atoms. The highest BCUT2D eigenvalue weighted by atomic mass is 16.3. The van der Waals surface area contributed by atoms with E-state index in [4.69, 9.17) is 4.98 Å². The second-order valence-electron chi connectivity index (χ2n) is 7.10. The molecule has 3 aromatic rings. The van der Waals surface area contributed by atoms with Gasteiger partial charge in [-0.3, -0.25) is 0 Å². The molecule has 1 aliphatic rings. The Bertz CT molecular complexity index is 836. The Hall–Kier alpha value is -1.92. The van der Waals surface area contributed by atoms with Crippen molar-refractivity contribution in [3.05, 3.63) is 24.3 Å². The van der Waals surface area contributed by atoms with Crippen LogP contribution in [0.25, 0.3) is 22.1 Å². The second-order valence-corrected chi connectivity index (χ2v) is 7.10. The molecule has 1 fully saturated rings. The smallest absolute Gasteiger partial charge is 0.139 e. The zero-order chi connectivity index (χ0) is 16.0. The molecule has 6 heteroatoms. The maximum Gasteiger partial charge on any atom is 0.139 e. The highest BCUT2D eigenvalue weighted by Gasteiger charge is 2.26. The van der Waals surface area contributed by atoms with Crippen LogP contribution in [0, 0.1) is 0 Å². The largest absolute Gasteiger partial charge is 0.390 e. The third kappa shape index (κ3) is 2.62.